The number of aromatic nitrogens is 1. The summed E-state index contributed by atoms with van der Waals surface area (Å²) in [4.78, 5) is 23.6. The number of hydrogen-bond acceptors (Lipinski definition) is 5. The molecule has 0 spiro atoms. The van der Waals surface area contributed by atoms with Gasteiger partial charge in [-0.05, 0) is 61.9 Å². The second-order valence-electron chi connectivity index (χ2n) is 7.91. The van der Waals surface area contributed by atoms with Crippen LogP contribution in [0, 0.1) is 0 Å². The fraction of sp³-hybridized carbons (Fsp3) is 0.455. The molecule has 1 aromatic carbocycles. The van der Waals surface area contributed by atoms with Gasteiger partial charge in [0.25, 0.3) is 0 Å². The molecule has 2 atom stereocenters. The van der Waals surface area contributed by atoms with Gasteiger partial charge in [-0.15, -0.1) is 11.3 Å². The molecule has 1 fully saturated rings. The van der Waals surface area contributed by atoms with Gasteiger partial charge < -0.3 is 9.32 Å². The fourth-order valence-corrected chi connectivity index (χ4v) is 5.37. The van der Waals surface area contributed by atoms with E-state index >= 15 is 0 Å². The van der Waals surface area contributed by atoms with Crippen molar-refractivity contribution in [1.29, 1.82) is 0 Å². The molecule has 3 aromatic rings. The van der Waals surface area contributed by atoms with Crippen molar-refractivity contribution in [3.8, 4) is 0 Å². The lowest BCUT2D eigenvalue weighted by atomic mass is 9.96. The summed E-state index contributed by atoms with van der Waals surface area (Å²) in [6.45, 7) is 5.43. The van der Waals surface area contributed by atoms with Crippen LogP contribution in [0.1, 0.15) is 42.0 Å². The molecule has 2 aromatic heterocycles. The zero-order valence-electron chi connectivity index (χ0n) is 16.1. The Bertz CT molecular complexity index is 962. The summed E-state index contributed by atoms with van der Waals surface area (Å²) < 4.78 is 6.01. The second kappa shape index (κ2) is 7.33. The van der Waals surface area contributed by atoms with Crippen LogP contribution in [0.5, 0.6) is 0 Å². The molecule has 5 rings (SSSR count). The molecular formula is C22H25N3O2S. The maximum absolute atomic E-state index is 13.2. The number of oxazole rings is 1. The van der Waals surface area contributed by atoms with Gasteiger partial charge in [-0.2, -0.15) is 0 Å². The second-order valence-corrected chi connectivity index (χ2v) is 8.91. The van der Waals surface area contributed by atoms with E-state index in [2.05, 4.69) is 23.3 Å². The molecule has 1 saturated heterocycles. The first-order valence-corrected chi connectivity index (χ1v) is 11.0. The van der Waals surface area contributed by atoms with Crippen LogP contribution in [-0.4, -0.2) is 46.4 Å². The molecule has 28 heavy (non-hydrogen) atoms. The fourth-order valence-electron chi connectivity index (χ4n) is 4.48. The summed E-state index contributed by atoms with van der Waals surface area (Å²) in [5.41, 5.74) is 3.08. The van der Waals surface area contributed by atoms with E-state index in [1.54, 1.807) is 0 Å². The number of para-hydroxylation sites is 2. The number of carbonyl (C=O) groups excluding carboxylic acids is 1. The molecule has 0 aliphatic carbocycles. The molecule has 146 valence electrons. The number of carbonyl (C=O) groups is 1. The lowest BCUT2D eigenvalue weighted by molar-refractivity contribution is -0.137. The number of thiophene rings is 1. The number of likely N-dealkylation sites (tertiary alicyclic amines) is 1. The van der Waals surface area contributed by atoms with Crippen LogP contribution >= 0.6 is 11.3 Å². The smallest absolute Gasteiger partial charge is 0.239 e. The lowest BCUT2D eigenvalue weighted by Crippen LogP contribution is -2.50. The van der Waals surface area contributed by atoms with E-state index in [0.717, 1.165) is 62.4 Å². The highest BCUT2D eigenvalue weighted by atomic mass is 32.1. The van der Waals surface area contributed by atoms with Gasteiger partial charge in [0.2, 0.25) is 5.91 Å². The predicted molar refractivity (Wildman–Crippen MR) is 110 cm³/mol. The number of piperidine rings is 1. The third kappa shape index (κ3) is 3.25. The number of rotatable bonds is 3. The molecule has 4 heterocycles. The Labute approximate surface area is 169 Å². The molecule has 5 nitrogen and oxygen atoms in total. The normalized spacial score (nSPS) is 21.6. The van der Waals surface area contributed by atoms with Crippen molar-refractivity contribution in [2.45, 2.75) is 44.7 Å². The summed E-state index contributed by atoms with van der Waals surface area (Å²) in [5, 5.41) is 2.14. The molecule has 0 N–H and O–H groups in total. The van der Waals surface area contributed by atoms with Crippen molar-refractivity contribution in [3.63, 3.8) is 0 Å². The monoisotopic (exact) mass is 395 g/mol. The Morgan fingerprint density at radius 1 is 1.29 bits per heavy atom. The summed E-state index contributed by atoms with van der Waals surface area (Å²) in [5.74, 6) is 1.31. The van der Waals surface area contributed by atoms with Crippen molar-refractivity contribution >= 4 is 28.3 Å². The topological polar surface area (TPSA) is 49.6 Å². The number of amides is 1. The number of fused-ring (bicyclic) bond motifs is 2. The molecule has 6 heteroatoms. The Balaban J connectivity index is 1.28. The van der Waals surface area contributed by atoms with E-state index < -0.39 is 0 Å². The lowest BCUT2D eigenvalue weighted by Gasteiger charge is -2.38. The van der Waals surface area contributed by atoms with Gasteiger partial charge in [0.05, 0.1) is 6.04 Å². The molecule has 2 unspecified atom stereocenters. The molecule has 2 aliphatic rings. The van der Waals surface area contributed by atoms with Gasteiger partial charge >= 0.3 is 0 Å². The predicted octanol–water partition coefficient (Wildman–Crippen LogP) is 4.04. The summed E-state index contributed by atoms with van der Waals surface area (Å²) in [6, 6.07) is 9.97. The maximum atomic E-state index is 13.2. The minimum atomic E-state index is -0.104. The quantitative estimate of drug-likeness (QED) is 0.672. The van der Waals surface area contributed by atoms with Crippen molar-refractivity contribution in [1.82, 2.24) is 14.8 Å². The zero-order chi connectivity index (χ0) is 19.1. The number of nitrogens with zero attached hydrogens (tertiary/aromatic N) is 3. The van der Waals surface area contributed by atoms with Crippen LogP contribution in [0.4, 0.5) is 0 Å². The molecule has 0 saturated carbocycles. The maximum Gasteiger partial charge on any atom is 0.239 e. The Morgan fingerprint density at radius 2 is 2.18 bits per heavy atom. The van der Waals surface area contributed by atoms with Crippen molar-refractivity contribution < 1.29 is 9.21 Å². The highest BCUT2D eigenvalue weighted by Crippen LogP contribution is 2.31. The minimum Gasteiger partial charge on any atom is -0.440 e. The molecule has 0 radical (unpaired) electrons. The standard InChI is InChI=1S/C22H25N3O2S/c1-15(22(26)25-11-8-20-16(13-25)9-12-28-20)24-10-4-5-17(14-24)21-23-18-6-2-3-7-19(18)27-21/h2-3,6-7,9,12,15,17H,4-5,8,10-11,13-14H2,1H3. The van der Waals surface area contributed by atoms with E-state index in [1.165, 1.54) is 10.4 Å². The Morgan fingerprint density at radius 3 is 3.07 bits per heavy atom. The van der Waals surface area contributed by atoms with Crippen LogP contribution in [0.25, 0.3) is 11.1 Å². The van der Waals surface area contributed by atoms with Gasteiger partial charge in [-0.25, -0.2) is 4.98 Å². The first-order chi connectivity index (χ1) is 13.7. The summed E-state index contributed by atoms with van der Waals surface area (Å²) in [7, 11) is 0. The molecule has 2 aliphatic heterocycles. The first-order valence-electron chi connectivity index (χ1n) is 10.1. The number of hydrogen-bond donors (Lipinski definition) is 0. The molecule has 1 amide bonds. The summed E-state index contributed by atoms with van der Waals surface area (Å²) >= 11 is 1.81. The molecular weight excluding hydrogens is 370 g/mol. The van der Waals surface area contributed by atoms with Gasteiger partial charge in [0, 0.05) is 30.4 Å². The van der Waals surface area contributed by atoms with Crippen LogP contribution in [-0.2, 0) is 17.8 Å². The van der Waals surface area contributed by atoms with E-state index in [0.29, 0.717) is 0 Å². The number of benzene rings is 1. The van der Waals surface area contributed by atoms with Gasteiger partial charge in [0.15, 0.2) is 11.5 Å². The largest absolute Gasteiger partial charge is 0.440 e. The van der Waals surface area contributed by atoms with Crippen LogP contribution in [0.3, 0.4) is 0 Å². The van der Waals surface area contributed by atoms with Crippen molar-refractivity contribution in [2.75, 3.05) is 19.6 Å². The van der Waals surface area contributed by atoms with E-state index in [4.69, 9.17) is 9.40 Å². The highest BCUT2D eigenvalue weighted by Gasteiger charge is 2.33. The van der Waals surface area contributed by atoms with Gasteiger partial charge in [-0.1, -0.05) is 12.1 Å². The van der Waals surface area contributed by atoms with E-state index in [9.17, 15) is 4.79 Å². The van der Waals surface area contributed by atoms with Gasteiger partial charge in [-0.3, -0.25) is 9.69 Å². The highest BCUT2D eigenvalue weighted by molar-refractivity contribution is 7.10. The summed E-state index contributed by atoms with van der Waals surface area (Å²) in [6.07, 6.45) is 3.11. The Kier molecular flexibility index (Phi) is 4.69. The average molecular weight is 396 g/mol. The van der Waals surface area contributed by atoms with Gasteiger partial charge in [0.1, 0.15) is 5.52 Å². The first kappa shape index (κ1) is 17.9. The Hall–Kier alpha value is -2.18. The van der Waals surface area contributed by atoms with Crippen LogP contribution in [0.15, 0.2) is 40.1 Å². The SMILES string of the molecule is CC(C(=O)N1CCc2sccc2C1)N1CCCC(c2nc3ccccc3o2)C1. The zero-order valence-corrected chi connectivity index (χ0v) is 17.0. The van der Waals surface area contributed by atoms with Crippen molar-refractivity contribution in [2.24, 2.45) is 0 Å². The molecule has 0 bridgehead atoms. The van der Waals surface area contributed by atoms with Crippen molar-refractivity contribution in [3.05, 3.63) is 52.0 Å². The third-order valence-corrected chi connectivity index (χ3v) is 7.16. The minimum absolute atomic E-state index is 0.104. The van der Waals surface area contributed by atoms with E-state index in [-0.39, 0.29) is 17.9 Å². The average Bonchev–Trinajstić information content (AvgIpc) is 3.39. The van der Waals surface area contributed by atoms with Crippen LogP contribution in [0.2, 0.25) is 0 Å². The van der Waals surface area contributed by atoms with Crippen LogP contribution < -0.4 is 0 Å². The van der Waals surface area contributed by atoms with E-state index in [1.807, 2.05) is 40.5 Å². The third-order valence-electron chi connectivity index (χ3n) is 6.14.